The minimum atomic E-state index is -4.35. The van der Waals surface area contributed by atoms with Gasteiger partial charge in [-0.15, -0.1) is 11.3 Å². The second-order valence-electron chi connectivity index (χ2n) is 8.44. The Morgan fingerprint density at radius 2 is 1.84 bits per heavy atom. The van der Waals surface area contributed by atoms with Crippen molar-refractivity contribution in [2.75, 3.05) is 0 Å². The SMILES string of the molecule is Cc1ccc(S(=O)(=O)Oc2nc3cc(C=Cc4nc(C(C)C)cs4)ccn3c(=O)c2C=CC(=O)O)cc1. The van der Waals surface area contributed by atoms with E-state index in [0.29, 0.717) is 17.6 Å². The highest BCUT2D eigenvalue weighted by molar-refractivity contribution is 7.87. The quantitative estimate of drug-likeness (QED) is 0.255. The van der Waals surface area contributed by atoms with E-state index in [1.165, 1.54) is 34.1 Å². The predicted octanol–water partition coefficient (Wildman–Crippen LogP) is 4.62. The van der Waals surface area contributed by atoms with E-state index < -0.39 is 27.5 Å². The molecule has 0 radical (unpaired) electrons. The molecule has 0 aliphatic carbocycles. The fourth-order valence-corrected chi connectivity index (χ4v) is 5.05. The number of aromatic nitrogens is 3. The monoisotopic (exact) mass is 537 g/mol. The first kappa shape index (κ1) is 26.0. The molecule has 0 bridgehead atoms. The fraction of sp³-hybridized carbons (Fsp3) is 0.154. The van der Waals surface area contributed by atoms with Gasteiger partial charge in [-0.25, -0.2) is 9.78 Å². The van der Waals surface area contributed by atoms with Crippen LogP contribution >= 0.6 is 11.3 Å². The molecule has 4 aromatic rings. The van der Waals surface area contributed by atoms with Gasteiger partial charge in [0, 0.05) is 17.7 Å². The van der Waals surface area contributed by atoms with Crippen molar-refractivity contribution in [3.8, 4) is 5.88 Å². The van der Waals surface area contributed by atoms with Gasteiger partial charge in [-0.1, -0.05) is 37.6 Å². The van der Waals surface area contributed by atoms with Crippen molar-refractivity contribution in [2.45, 2.75) is 31.6 Å². The highest BCUT2D eigenvalue weighted by atomic mass is 32.2. The van der Waals surface area contributed by atoms with Gasteiger partial charge < -0.3 is 9.29 Å². The zero-order valence-corrected chi connectivity index (χ0v) is 21.8. The molecule has 1 aromatic carbocycles. The van der Waals surface area contributed by atoms with Crippen LogP contribution in [0, 0.1) is 6.92 Å². The molecule has 0 unspecified atom stereocenters. The summed E-state index contributed by atoms with van der Waals surface area (Å²) in [5, 5.41) is 11.9. The summed E-state index contributed by atoms with van der Waals surface area (Å²) in [5.74, 6) is -1.53. The van der Waals surface area contributed by atoms with Crippen molar-refractivity contribution in [1.29, 1.82) is 0 Å². The largest absolute Gasteiger partial charge is 0.478 e. The van der Waals surface area contributed by atoms with E-state index in [-0.39, 0.29) is 16.1 Å². The number of aryl methyl sites for hydroxylation is 1. The maximum atomic E-state index is 13.2. The van der Waals surface area contributed by atoms with Gasteiger partial charge in [0.1, 0.15) is 21.1 Å². The third kappa shape index (κ3) is 6.01. The van der Waals surface area contributed by atoms with Crippen LogP contribution < -0.4 is 9.74 Å². The summed E-state index contributed by atoms with van der Waals surface area (Å²) in [5.41, 5.74) is 1.65. The molecule has 0 aliphatic rings. The van der Waals surface area contributed by atoms with Crippen LogP contribution in [-0.2, 0) is 14.9 Å². The van der Waals surface area contributed by atoms with Crippen LogP contribution in [0.15, 0.2) is 63.7 Å². The molecule has 1 N–H and O–H groups in total. The Morgan fingerprint density at radius 1 is 1.11 bits per heavy atom. The first-order valence-electron chi connectivity index (χ1n) is 11.2. The number of aliphatic carboxylic acids is 1. The summed E-state index contributed by atoms with van der Waals surface area (Å²) in [6.07, 6.45) is 6.79. The molecule has 0 aliphatic heterocycles. The zero-order valence-electron chi connectivity index (χ0n) is 20.2. The lowest BCUT2D eigenvalue weighted by molar-refractivity contribution is -0.131. The van der Waals surface area contributed by atoms with Crippen LogP contribution in [0.25, 0.3) is 23.9 Å². The summed E-state index contributed by atoms with van der Waals surface area (Å²) in [6, 6.07) is 9.22. The molecular weight excluding hydrogens is 514 g/mol. The number of carboxylic acid groups (broad SMARTS) is 1. The molecule has 0 amide bonds. The van der Waals surface area contributed by atoms with E-state index in [0.717, 1.165) is 22.3 Å². The Kier molecular flexibility index (Phi) is 7.37. The highest BCUT2D eigenvalue weighted by Crippen LogP contribution is 2.23. The Labute approximate surface area is 217 Å². The summed E-state index contributed by atoms with van der Waals surface area (Å²) >= 11 is 1.51. The van der Waals surface area contributed by atoms with Crippen LogP contribution in [0.3, 0.4) is 0 Å². The molecule has 3 heterocycles. The van der Waals surface area contributed by atoms with E-state index in [2.05, 4.69) is 23.8 Å². The minimum Gasteiger partial charge on any atom is -0.478 e. The molecule has 0 atom stereocenters. The number of thiazole rings is 1. The van der Waals surface area contributed by atoms with Crippen LogP contribution in [0.5, 0.6) is 5.88 Å². The first-order chi connectivity index (χ1) is 17.5. The average molecular weight is 538 g/mol. The van der Waals surface area contributed by atoms with Crippen LogP contribution in [0.4, 0.5) is 0 Å². The van der Waals surface area contributed by atoms with Gasteiger partial charge >= 0.3 is 16.1 Å². The number of nitrogens with zero attached hydrogens (tertiary/aromatic N) is 3. The van der Waals surface area contributed by atoms with Crippen molar-refractivity contribution in [1.82, 2.24) is 14.4 Å². The second-order valence-corrected chi connectivity index (χ2v) is 10.9. The number of hydrogen-bond donors (Lipinski definition) is 1. The Morgan fingerprint density at radius 3 is 2.49 bits per heavy atom. The number of benzene rings is 1. The molecule has 0 fully saturated rings. The van der Waals surface area contributed by atoms with E-state index in [1.807, 2.05) is 18.4 Å². The normalized spacial score (nSPS) is 12.2. The third-order valence-electron chi connectivity index (χ3n) is 5.29. The lowest BCUT2D eigenvalue weighted by atomic mass is 10.2. The van der Waals surface area contributed by atoms with E-state index >= 15 is 0 Å². The Bertz CT molecular complexity index is 1700. The number of hydrogen-bond acceptors (Lipinski definition) is 8. The Balaban J connectivity index is 1.78. The number of carbonyl (C=O) groups is 1. The van der Waals surface area contributed by atoms with Crippen molar-refractivity contribution in [3.63, 3.8) is 0 Å². The van der Waals surface area contributed by atoms with Gasteiger partial charge in [0.25, 0.3) is 5.56 Å². The molecule has 9 nitrogen and oxygen atoms in total. The second kappa shape index (κ2) is 10.5. The number of fused-ring (bicyclic) bond motifs is 1. The summed E-state index contributed by atoms with van der Waals surface area (Å²) < 4.78 is 32.2. The minimum absolute atomic E-state index is 0.121. The third-order valence-corrected chi connectivity index (χ3v) is 7.35. The molecule has 0 spiro atoms. The summed E-state index contributed by atoms with van der Waals surface area (Å²) in [7, 11) is -4.35. The molecule has 4 rings (SSSR count). The lowest BCUT2D eigenvalue weighted by Crippen LogP contribution is -2.21. The van der Waals surface area contributed by atoms with Gasteiger partial charge in [0.2, 0.25) is 5.88 Å². The number of pyridine rings is 1. The summed E-state index contributed by atoms with van der Waals surface area (Å²) in [6.45, 7) is 5.93. The van der Waals surface area contributed by atoms with Crippen molar-refractivity contribution >= 4 is 51.3 Å². The predicted molar refractivity (Wildman–Crippen MR) is 142 cm³/mol. The number of carboxylic acids is 1. The maximum Gasteiger partial charge on any atom is 0.340 e. The zero-order chi connectivity index (χ0) is 26.7. The smallest absolute Gasteiger partial charge is 0.340 e. The van der Waals surface area contributed by atoms with E-state index in [9.17, 15) is 18.0 Å². The van der Waals surface area contributed by atoms with Crippen molar-refractivity contribution in [2.24, 2.45) is 0 Å². The van der Waals surface area contributed by atoms with Gasteiger partial charge in [0.05, 0.1) is 5.69 Å². The lowest BCUT2D eigenvalue weighted by Gasteiger charge is -2.11. The topological polar surface area (TPSA) is 128 Å². The first-order valence-corrected chi connectivity index (χ1v) is 13.4. The van der Waals surface area contributed by atoms with Gasteiger partial charge in [0.15, 0.2) is 0 Å². The standard InChI is InChI=1S/C26H23N3O6S2/c1-16(2)21-15-36-23(27-21)10-6-18-12-13-29-22(14-18)28-25(20(26(29)32)9-11-24(30)31)35-37(33,34)19-7-4-17(3)5-8-19/h4-16H,1-3H3,(H,30,31). The highest BCUT2D eigenvalue weighted by Gasteiger charge is 2.22. The van der Waals surface area contributed by atoms with Crippen molar-refractivity contribution in [3.05, 3.63) is 91.8 Å². The maximum absolute atomic E-state index is 13.2. The Hall–Kier alpha value is -4.09. The fourth-order valence-electron chi connectivity index (χ4n) is 3.28. The van der Waals surface area contributed by atoms with E-state index in [4.69, 9.17) is 9.29 Å². The van der Waals surface area contributed by atoms with Gasteiger partial charge in [-0.05, 0) is 54.8 Å². The molecule has 11 heteroatoms. The van der Waals surface area contributed by atoms with Crippen LogP contribution in [-0.4, -0.2) is 33.9 Å². The number of rotatable bonds is 8. The average Bonchev–Trinajstić information content (AvgIpc) is 3.32. The van der Waals surface area contributed by atoms with Crippen LogP contribution in [0.1, 0.15) is 47.2 Å². The van der Waals surface area contributed by atoms with Crippen LogP contribution in [0.2, 0.25) is 0 Å². The summed E-state index contributed by atoms with van der Waals surface area (Å²) in [4.78, 5) is 32.9. The molecular formula is C26H23N3O6S2. The molecule has 37 heavy (non-hydrogen) atoms. The molecule has 0 saturated carbocycles. The van der Waals surface area contributed by atoms with Gasteiger partial charge in [-0.2, -0.15) is 13.4 Å². The molecule has 0 saturated heterocycles. The van der Waals surface area contributed by atoms with E-state index in [1.54, 1.807) is 30.3 Å². The van der Waals surface area contributed by atoms with Crippen molar-refractivity contribution < 1.29 is 22.5 Å². The van der Waals surface area contributed by atoms with Gasteiger partial charge in [-0.3, -0.25) is 9.20 Å². The molecule has 190 valence electrons. The molecule has 3 aromatic heterocycles.